The van der Waals surface area contributed by atoms with Crippen LogP contribution in [0.15, 0.2) is 40.9 Å². The Morgan fingerprint density at radius 2 is 1.88 bits per heavy atom. The molecule has 3 rings (SSSR count). The fourth-order valence-electron chi connectivity index (χ4n) is 2.83. The first kappa shape index (κ1) is 17.2. The molecule has 1 aromatic heterocycles. The third kappa shape index (κ3) is 4.67. The van der Waals surface area contributed by atoms with Gasteiger partial charge in [-0.3, -0.25) is 14.5 Å². The quantitative estimate of drug-likeness (QED) is 0.896. The number of anilines is 1. The Balaban J connectivity index is 1.40. The van der Waals surface area contributed by atoms with E-state index in [4.69, 9.17) is 4.52 Å². The minimum Gasteiger partial charge on any atom is -0.360 e. The van der Waals surface area contributed by atoms with Crippen molar-refractivity contribution in [2.24, 2.45) is 0 Å². The van der Waals surface area contributed by atoms with Gasteiger partial charge in [-0.15, -0.1) is 0 Å². The summed E-state index contributed by atoms with van der Waals surface area (Å²) in [6.45, 7) is 5.34. The first-order chi connectivity index (χ1) is 12.1. The Morgan fingerprint density at radius 1 is 1.16 bits per heavy atom. The van der Waals surface area contributed by atoms with Gasteiger partial charge in [0.2, 0.25) is 5.91 Å². The molecule has 25 heavy (non-hydrogen) atoms. The summed E-state index contributed by atoms with van der Waals surface area (Å²) >= 11 is 0. The molecular weight excluding hydrogens is 320 g/mol. The molecule has 0 atom stereocenters. The van der Waals surface area contributed by atoms with Gasteiger partial charge in [0.15, 0.2) is 5.82 Å². The molecule has 1 saturated heterocycles. The molecule has 132 valence electrons. The Morgan fingerprint density at radius 3 is 2.52 bits per heavy atom. The maximum atomic E-state index is 12.4. The highest BCUT2D eigenvalue weighted by molar-refractivity contribution is 5.94. The number of hydrogen-bond donors (Lipinski definition) is 1. The average Bonchev–Trinajstić information content (AvgIpc) is 3.05. The number of aromatic nitrogens is 1. The van der Waals surface area contributed by atoms with Crippen LogP contribution in [0.1, 0.15) is 22.5 Å². The summed E-state index contributed by atoms with van der Waals surface area (Å²) in [6.07, 6.45) is 0.387. The predicted octanol–water partition coefficient (Wildman–Crippen LogP) is 1.77. The molecular formula is C18H22N4O3. The van der Waals surface area contributed by atoms with Crippen molar-refractivity contribution in [3.8, 4) is 0 Å². The van der Waals surface area contributed by atoms with Crippen LogP contribution in [0, 0.1) is 6.92 Å². The van der Waals surface area contributed by atoms with E-state index < -0.39 is 0 Å². The van der Waals surface area contributed by atoms with E-state index in [-0.39, 0.29) is 11.8 Å². The molecule has 0 unspecified atom stereocenters. The highest BCUT2D eigenvalue weighted by Crippen LogP contribution is 2.10. The standard InChI is InChI=1S/C18H22N4O3/c1-14-13-16(20-25-14)19-17(23)7-8-21-9-11-22(12-10-21)18(24)15-5-3-2-4-6-15/h2-6,13H,7-12H2,1H3,(H,19,20,23). The fourth-order valence-corrected chi connectivity index (χ4v) is 2.83. The molecule has 0 bridgehead atoms. The third-order valence-electron chi connectivity index (χ3n) is 4.23. The van der Waals surface area contributed by atoms with Crippen LogP contribution in [0.2, 0.25) is 0 Å². The maximum absolute atomic E-state index is 12.4. The molecule has 7 heteroatoms. The van der Waals surface area contributed by atoms with E-state index in [1.165, 1.54) is 0 Å². The topological polar surface area (TPSA) is 78.7 Å². The molecule has 2 amide bonds. The summed E-state index contributed by atoms with van der Waals surface area (Å²) in [5.41, 5.74) is 0.721. The van der Waals surface area contributed by atoms with Crippen molar-refractivity contribution in [1.82, 2.24) is 15.0 Å². The molecule has 0 spiro atoms. The Labute approximate surface area is 146 Å². The number of carbonyl (C=O) groups excluding carboxylic acids is 2. The van der Waals surface area contributed by atoms with Gasteiger partial charge in [-0.1, -0.05) is 23.4 Å². The molecule has 0 saturated carbocycles. The lowest BCUT2D eigenvalue weighted by molar-refractivity contribution is -0.116. The van der Waals surface area contributed by atoms with Gasteiger partial charge in [0.05, 0.1) is 0 Å². The Kier molecular flexibility index (Phi) is 5.45. The lowest BCUT2D eigenvalue weighted by Crippen LogP contribution is -2.49. The Bertz CT molecular complexity index is 721. The largest absolute Gasteiger partial charge is 0.360 e. The van der Waals surface area contributed by atoms with E-state index in [2.05, 4.69) is 15.4 Å². The van der Waals surface area contributed by atoms with Gasteiger partial charge in [-0.2, -0.15) is 0 Å². The van der Waals surface area contributed by atoms with E-state index in [1.807, 2.05) is 35.2 Å². The van der Waals surface area contributed by atoms with Gasteiger partial charge in [-0.05, 0) is 19.1 Å². The number of amides is 2. The first-order valence-electron chi connectivity index (χ1n) is 8.41. The summed E-state index contributed by atoms with van der Waals surface area (Å²) < 4.78 is 4.92. The number of hydrogen-bond acceptors (Lipinski definition) is 5. The molecule has 1 aliphatic heterocycles. The van der Waals surface area contributed by atoms with Crippen LogP contribution in [0.3, 0.4) is 0 Å². The van der Waals surface area contributed by atoms with Crippen molar-refractivity contribution in [2.75, 3.05) is 38.0 Å². The van der Waals surface area contributed by atoms with Gasteiger partial charge in [-0.25, -0.2) is 0 Å². The number of rotatable bonds is 5. The van der Waals surface area contributed by atoms with E-state index >= 15 is 0 Å². The van der Waals surface area contributed by atoms with Gasteiger partial charge in [0.1, 0.15) is 5.76 Å². The van der Waals surface area contributed by atoms with Gasteiger partial charge < -0.3 is 14.7 Å². The molecule has 1 aliphatic rings. The second-order valence-electron chi connectivity index (χ2n) is 6.12. The van der Waals surface area contributed by atoms with Crippen molar-refractivity contribution in [3.05, 3.63) is 47.7 Å². The van der Waals surface area contributed by atoms with Crippen molar-refractivity contribution in [2.45, 2.75) is 13.3 Å². The van der Waals surface area contributed by atoms with Crippen LogP contribution in [0.4, 0.5) is 5.82 Å². The second-order valence-corrected chi connectivity index (χ2v) is 6.12. The number of carbonyl (C=O) groups is 2. The van der Waals surface area contributed by atoms with Crippen LogP contribution in [-0.2, 0) is 4.79 Å². The minimum atomic E-state index is -0.0870. The summed E-state index contributed by atoms with van der Waals surface area (Å²) in [4.78, 5) is 28.4. The van der Waals surface area contributed by atoms with Crippen LogP contribution in [-0.4, -0.2) is 59.5 Å². The summed E-state index contributed by atoms with van der Waals surface area (Å²) in [5.74, 6) is 1.09. The molecule has 2 aromatic rings. The van der Waals surface area contributed by atoms with Crippen molar-refractivity contribution >= 4 is 17.6 Å². The molecule has 7 nitrogen and oxygen atoms in total. The zero-order valence-corrected chi connectivity index (χ0v) is 14.3. The number of nitrogens with one attached hydrogen (secondary N) is 1. The first-order valence-corrected chi connectivity index (χ1v) is 8.41. The van der Waals surface area contributed by atoms with E-state index in [1.54, 1.807) is 13.0 Å². The number of benzene rings is 1. The normalized spacial score (nSPS) is 15.2. The van der Waals surface area contributed by atoms with Crippen molar-refractivity contribution in [3.63, 3.8) is 0 Å². The average molecular weight is 342 g/mol. The van der Waals surface area contributed by atoms with Crippen LogP contribution >= 0.6 is 0 Å². The van der Waals surface area contributed by atoms with Gasteiger partial charge in [0, 0.05) is 50.8 Å². The molecule has 1 N–H and O–H groups in total. The van der Waals surface area contributed by atoms with Crippen LogP contribution in [0.5, 0.6) is 0 Å². The lowest BCUT2D eigenvalue weighted by Gasteiger charge is -2.34. The third-order valence-corrected chi connectivity index (χ3v) is 4.23. The summed E-state index contributed by atoms with van der Waals surface area (Å²) in [7, 11) is 0. The second kappa shape index (κ2) is 7.94. The highest BCUT2D eigenvalue weighted by Gasteiger charge is 2.22. The van der Waals surface area contributed by atoms with Crippen molar-refractivity contribution < 1.29 is 14.1 Å². The molecule has 2 heterocycles. The van der Waals surface area contributed by atoms with Gasteiger partial charge >= 0.3 is 0 Å². The molecule has 0 aliphatic carbocycles. The molecule has 1 fully saturated rings. The zero-order chi connectivity index (χ0) is 17.6. The van der Waals surface area contributed by atoms with E-state index in [0.717, 1.165) is 18.7 Å². The van der Waals surface area contributed by atoms with E-state index in [0.29, 0.717) is 37.6 Å². The predicted molar refractivity (Wildman–Crippen MR) is 93.3 cm³/mol. The smallest absolute Gasteiger partial charge is 0.253 e. The monoisotopic (exact) mass is 342 g/mol. The molecule has 0 radical (unpaired) electrons. The lowest BCUT2D eigenvalue weighted by atomic mass is 10.2. The minimum absolute atomic E-state index is 0.0689. The summed E-state index contributed by atoms with van der Waals surface area (Å²) in [6, 6.07) is 11.0. The van der Waals surface area contributed by atoms with Crippen LogP contribution < -0.4 is 5.32 Å². The molecule has 1 aromatic carbocycles. The number of piperazine rings is 1. The highest BCUT2D eigenvalue weighted by atomic mass is 16.5. The fraction of sp³-hybridized carbons (Fsp3) is 0.389. The van der Waals surface area contributed by atoms with Gasteiger partial charge in [0.25, 0.3) is 5.91 Å². The Hall–Kier alpha value is -2.67. The van der Waals surface area contributed by atoms with Crippen LogP contribution in [0.25, 0.3) is 0 Å². The maximum Gasteiger partial charge on any atom is 0.253 e. The summed E-state index contributed by atoms with van der Waals surface area (Å²) in [5, 5.41) is 6.46. The zero-order valence-electron chi connectivity index (χ0n) is 14.3. The van der Waals surface area contributed by atoms with E-state index in [9.17, 15) is 9.59 Å². The number of nitrogens with zero attached hydrogens (tertiary/aromatic N) is 3. The SMILES string of the molecule is Cc1cc(NC(=O)CCN2CCN(C(=O)c3ccccc3)CC2)no1. The van der Waals surface area contributed by atoms with Crippen molar-refractivity contribution in [1.29, 1.82) is 0 Å². The number of aryl methyl sites for hydroxylation is 1.